The number of hydrogen-bond donors (Lipinski definition) is 0. The van der Waals surface area contributed by atoms with Crippen molar-refractivity contribution in [2.24, 2.45) is 0 Å². The van der Waals surface area contributed by atoms with Gasteiger partial charge >= 0.3 is 0 Å². The molecule has 1 fully saturated rings. The van der Waals surface area contributed by atoms with Crippen LogP contribution in [0.2, 0.25) is 5.02 Å². The second-order valence-electron chi connectivity index (χ2n) is 6.85. The van der Waals surface area contributed by atoms with Crippen molar-refractivity contribution in [1.29, 1.82) is 0 Å². The Labute approximate surface area is 188 Å². The van der Waals surface area contributed by atoms with Crippen LogP contribution in [0, 0.1) is 5.82 Å². The van der Waals surface area contributed by atoms with Gasteiger partial charge in [-0.15, -0.1) is 0 Å². The first-order valence-corrected chi connectivity index (χ1v) is 10.6. The lowest BCUT2D eigenvalue weighted by Gasteiger charge is -2.13. The van der Waals surface area contributed by atoms with E-state index < -0.39 is 17.0 Å². The van der Waals surface area contributed by atoms with Crippen molar-refractivity contribution in [1.82, 2.24) is 4.90 Å². The molecule has 2 amide bonds. The molecule has 0 aromatic heterocycles. The van der Waals surface area contributed by atoms with Crippen molar-refractivity contribution in [3.63, 3.8) is 0 Å². The SMILES string of the molecule is O=C1S/C(=C\c2cccc(OCc3ccccc3)c2)C(=O)N1Cc1ccc(F)cc1Cl. The second kappa shape index (κ2) is 9.37. The van der Waals surface area contributed by atoms with Crippen LogP contribution in [0.1, 0.15) is 16.7 Å². The second-order valence-corrected chi connectivity index (χ2v) is 8.25. The number of carbonyl (C=O) groups excluding carboxylic acids is 2. The van der Waals surface area contributed by atoms with Gasteiger partial charge < -0.3 is 4.74 Å². The number of carbonyl (C=O) groups is 2. The van der Waals surface area contributed by atoms with Crippen molar-refractivity contribution in [2.45, 2.75) is 13.2 Å². The minimum Gasteiger partial charge on any atom is -0.489 e. The summed E-state index contributed by atoms with van der Waals surface area (Å²) >= 11 is 6.90. The van der Waals surface area contributed by atoms with E-state index in [2.05, 4.69) is 0 Å². The van der Waals surface area contributed by atoms with E-state index >= 15 is 0 Å². The van der Waals surface area contributed by atoms with E-state index in [1.807, 2.05) is 54.6 Å². The number of benzene rings is 3. The predicted octanol–water partition coefficient (Wildman–Crippen LogP) is 6.29. The number of nitrogens with zero attached hydrogens (tertiary/aromatic N) is 1. The molecule has 3 aromatic rings. The number of imide groups is 1. The summed E-state index contributed by atoms with van der Waals surface area (Å²) in [6.45, 7) is 0.417. The Bertz CT molecular complexity index is 1170. The first-order valence-electron chi connectivity index (χ1n) is 9.46. The van der Waals surface area contributed by atoms with Gasteiger partial charge in [0.05, 0.1) is 11.4 Å². The number of hydrogen-bond acceptors (Lipinski definition) is 4. The lowest BCUT2D eigenvalue weighted by molar-refractivity contribution is -0.123. The van der Waals surface area contributed by atoms with Crippen LogP contribution in [0.4, 0.5) is 9.18 Å². The first kappa shape index (κ1) is 21.2. The van der Waals surface area contributed by atoms with E-state index in [-0.39, 0.29) is 11.6 Å². The van der Waals surface area contributed by atoms with Crippen molar-refractivity contribution < 1.29 is 18.7 Å². The van der Waals surface area contributed by atoms with Crippen LogP contribution in [-0.4, -0.2) is 16.0 Å². The van der Waals surface area contributed by atoms with Crippen molar-refractivity contribution in [3.05, 3.63) is 105 Å². The highest BCUT2D eigenvalue weighted by Gasteiger charge is 2.35. The lowest BCUT2D eigenvalue weighted by atomic mass is 10.2. The Hall–Kier alpha value is -3.09. The molecular weight excluding hydrogens is 437 g/mol. The zero-order valence-corrected chi connectivity index (χ0v) is 17.8. The number of rotatable bonds is 6. The highest BCUT2D eigenvalue weighted by molar-refractivity contribution is 8.18. The summed E-state index contributed by atoms with van der Waals surface area (Å²) < 4.78 is 19.1. The molecule has 1 aliphatic heterocycles. The highest BCUT2D eigenvalue weighted by Crippen LogP contribution is 2.34. The zero-order chi connectivity index (χ0) is 21.8. The normalized spacial score (nSPS) is 15.0. The molecule has 1 saturated heterocycles. The fourth-order valence-electron chi connectivity index (χ4n) is 3.04. The van der Waals surface area contributed by atoms with Crippen LogP contribution in [-0.2, 0) is 17.9 Å². The van der Waals surface area contributed by atoms with Gasteiger partial charge in [-0.1, -0.05) is 60.1 Å². The monoisotopic (exact) mass is 453 g/mol. The van der Waals surface area contributed by atoms with Gasteiger partial charge in [0.15, 0.2) is 0 Å². The van der Waals surface area contributed by atoms with E-state index in [1.54, 1.807) is 6.08 Å². The fourth-order valence-corrected chi connectivity index (χ4v) is 4.11. The van der Waals surface area contributed by atoms with Crippen LogP contribution in [0.3, 0.4) is 0 Å². The van der Waals surface area contributed by atoms with Crippen LogP contribution >= 0.6 is 23.4 Å². The maximum Gasteiger partial charge on any atom is 0.293 e. The molecule has 0 atom stereocenters. The topological polar surface area (TPSA) is 46.6 Å². The van der Waals surface area contributed by atoms with E-state index in [1.165, 1.54) is 12.1 Å². The lowest BCUT2D eigenvalue weighted by Crippen LogP contribution is -2.27. The summed E-state index contributed by atoms with van der Waals surface area (Å²) in [5, 5.41) is -0.223. The summed E-state index contributed by atoms with van der Waals surface area (Å²) in [6, 6.07) is 21.0. The van der Waals surface area contributed by atoms with E-state index in [4.69, 9.17) is 16.3 Å². The summed E-state index contributed by atoms with van der Waals surface area (Å²) in [6.07, 6.45) is 1.66. The Balaban J connectivity index is 1.47. The molecule has 0 saturated carbocycles. The summed E-state index contributed by atoms with van der Waals surface area (Å²) in [5.41, 5.74) is 2.30. The van der Waals surface area contributed by atoms with Crippen LogP contribution in [0.5, 0.6) is 5.75 Å². The molecule has 0 aliphatic carbocycles. The van der Waals surface area contributed by atoms with Gasteiger partial charge in [0.2, 0.25) is 0 Å². The van der Waals surface area contributed by atoms with Crippen LogP contribution < -0.4 is 4.74 Å². The van der Waals surface area contributed by atoms with Gasteiger partial charge in [-0.2, -0.15) is 0 Å². The minimum atomic E-state index is -0.475. The number of thioether (sulfide) groups is 1. The molecule has 1 heterocycles. The van der Waals surface area contributed by atoms with Gasteiger partial charge in [-0.25, -0.2) is 4.39 Å². The largest absolute Gasteiger partial charge is 0.489 e. The zero-order valence-electron chi connectivity index (χ0n) is 16.3. The Kier molecular flexibility index (Phi) is 6.39. The Morgan fingerprint density at radius 1 is 1.00 bits per heavy atom. The first-order chi connectivity index (χ1) is 15.0. The van der Waals surface area contributed by atoms with Gasteiger partial charge in [-0.05, 0) is 58.8 Å². The standard InChI is InChI=1S/C24H17ClFNO3S/c25-21-13-19(26)10-9-18(21)14-27-23(28)22(31-24(27)29)12-17-7-4-8-20(11-17)30-15-16-5-2-1-3-6-16/h1-13H,14-15H2/b22-12-. The summed E-state index contributed by atoms with van der Waals surface area (Å²) in [4.78, 5) is 26.6. The average Bonchev–Trinajstić information content (AvgIpc) is 3.02. The van der Waals surface area contributed by atoms with Gasteiger partial charge in [-0.3, -0.25) is 14.5 Å². The summed E-state index contributed by atoms with van der Waals surface area (Å²) in [5.74, 6) is -0.224. The van der Waals surface area contributed by atoms with E-state index in [9.17, 15) is 14.0 Å². The smallest absolute Gasteiger partial charge is 0.293 e. The molecule has 4 rings (SSSR count). The number of halogens is 2. The Morgan fingerprint density at radius 3 is 2.58 bits per heavy atom. The molecule has 3 aromatic carbocycles. The van der Waals surface area contributed by atoms with Gasteiger partial charge in [0.1, 0.15) is 18.2 Å². The highest BCUT2D eigenvalue weighted by atomic mass is 35.5. The molecule has 7 heteroatoms. The third-order valence-electron chi connectivity index (χ3n) is 4.62. The fraction of sp³-hybridized carbons (Fsp3) is 0.0833. The van der Waals surface area contributed by atoms with Crippen LogP contribution in [0.15, 0.2) is 77.7 Å². The Morgan fingerprint density at radius 2 is 1.81 bits per heavy atom. The third-order valence-corrected chi connectivity index (χ3v) is 5.88. The maximum atomic E-state index is 13.2. The van der Waals surface area contributed by atoms with E-state index in [0.29, 0.717) is 22.8 Å². The molecule has 4 nitrogen and oxygen atoms in total. The van der Waals surface area contributed by atoms with Gasteiger partial charge in [0, 0.05) is 5.02 Å². The van der Waals surface area contributed by atoms with Crippen LogP contribution in [0.25, 0.3) is 6.08 Å². The number of amides is 2. The third kappa shape index (κ3) is 5.16. The molecule has 31 heavy (non-hydrogen) atoms. The molecule has 1 aliphatic rings. The van der Waals surface area contributed by atoms with Crippen molar-refractivity contribution in [3.8, 4) is 5.75 Å². The molecule has 0 bridgehead atoms. The van der Waals surface area contributed by atoms with Gasteiger partial charge in [0.25, 0.3) is 11.1 Å². The van der Waals surface area contributed by atoms with Crippen molar-refractivity contribution in [2.75, 3.05) is 0 Å². The minimum absolute atomic E-state index is 0.0126. The molecule has 0 unspecified atom stereocenters. The molecular formula is C24H17ClFNO3S. The molecule has 0 radical (unpaired) electrons. The maximum absolute atomic E-state index is 13.2. The average molecular weight is 454 g/mol. The van der Waals surface area contributed by atoms with Crippen molar-refractivity contribution >= 4 is 40.6 Å². The molecule has 0 spiro atoms. The molecule has 0 N–H and O–H groups in total. The molecule has 156 valence electrons. The predicted molar refractivity (Wildman–Crippen MR) is 120 cm³/mol. The quantitative estimate of drug-likeness (QED) is 0.411. The van der Waals surface area contributed by atoms with E-state index in [0.717, 1.165) is 33.9 Å². The number of ether oxygens (including phenoxy) is 1. The summed E-state index contributed by atoms with van der Waals surface area (Å²) in [7, 11) is 0.